The molecule has 0 unspecified atom stereocenters. The summed E-state index contributed by atoms with van der Waals surface area (Å²) in [5.74, 6) is 0.805. The Bertz CT molecular complexity index is 1830. The molecular weight excluding hydrogens is 586 g/mol. The maximum atomic E-state index is 12.7. The van der Waals surface area contributed by atoms with Crippen molar-refractivity contribution < 1.29 is 4.79 Å². The van der Waals surface area contributed by atoms with Crippen molar-refractivity contribution in [1.82, 2.24) is 19.9 Å². The lowest BCUT2D eigenvalue weighted by atomic mass is 10.0. The third-order valence-electron chi connectivity index (χ3n) is 6.80. The Hall–Kier alpha value is -4.20. The standard InChI is InChI=1S/C32H25BrClN5O/c33-27-20-37-39-30(17-29(38-32(27)39)26-10-3-4-11-28(26)34)35-18-21-12-14-22(15-13-21)19-36-31(40)16-24-8-5-7-23-6-1-2-9-25(23)24/h1-15,17,20,35H,16,18-19H2,(H,36,40). The highest BCUT2D eigenvalue weighted by molar-refractivity contribution is 9.10. The largest absolute Gasteiger partial charge is 0.366 e. The summed E-state index contributed by atoms with van der Waals surface area (Å²) in [6, 6.07) is 32.0. The summed E-state index contributed by atoms with van der Waals surface area (Å²) in [4.78, 5) is 17.4. The highest BCUT2D eigenvalue weighted by Gasteiger charge is 2.13. The molecule has 1 amide bonds. The molecule has 6 nitrogen and oxygen atoms in total. The molecule has 0 spiro atoms. The van der Waals surface area contributed by atoms with Crippen LogP contribution in [0.2, 0.25) is 5.02 Å². The molecule has 6 aromatic rings. The SMILES string of the molecule is O=C(Cc1cccc2ccccc12)NCc1ccc(CNc2cc(-c3ccccc3Cl)nc3c(Br)cnn23)cc1. The Morgan fingerprint density at radius 3 is 2.42 bits per heavy atom. The minimum atomic E-state index is 0.00325. The minimum Gasteiger partial charge on any atom is -0.366 e. The Morgan fingerprint density at radius 2 is 1.60 bits per heavy atom. The lowest BCUT2D eigenvalue weighted by Crippen LogP contribution is -2.24. The lowest BCUT2D eigenvalue weighted by Gasteiger charge is -2.12. The summed E-state index contributed by atoms with van der Waals surface area (Å²) in [5.41, 5.74) is 5.49. The van der Waals surface area contributed by atoms with Crippen LogP contribution in [-0.4, -0.2) is 20.5 Å². The molecule has 4 aromatic carbocycles. The summed E-state index contributed by atoms with van der Waals surface area (Å²) in [5, 5.41) is 13.9. The lowest BCUT2D eigenvalue weighted by molar-refractivity contribution is -0.120. The van der Waals surface area contributed by atoms with E-state index in [4.69, 9.17) is 16.6 Å². The normalized spacial score (nSPS) is 11.2. The number of amides is 1. The van der Waals surface area contributed by atoms with Gasteiger partial charge in [0.2, 0.25) is 5.91 Å². The fourth-order valence-electron chi connectivity index (χ4n) is 4.72. The summed E-state index contributed by atoms with van der Waals surface area (Å²) in [6.07, 6.45) is 2.08. The second-order valence-electron chi connectivity index (χ2n) is 9.50. The van der Waals surface area contributed by atoms with Crippen LogP contribution in [0.1, 0.15) is 16.7 Å². The molecule has 2 aromatic heterocycles. The Balaban J connectivity index is 1.11. The molecule has 0 aliphatic heterocycles. The predicted octanol–water partition coefficient (Wildman–Crippen LogP) is 7.44. The average molecular weight is 611 g/mol. The predicted molar refractivity (Wildman–Crippen MR) is 164 cm³/mol. The number of fused-ring (bicyclic) bond motifs is 2. The number of hydrogen-bond acceptors (Lipinski definition) is 4. The van der Waals surface area contributed by atoms with Gasteiger partial charge in [-0.25, -0.2) is 4.98 Å². The zero-order valence-electron chi connectivity index (χ0n) is 21.4. The molecule has 0 aliphatic rings. The highest BCUT2D eigenvalue weighted by Crippen LogP contribution is 2.30. The summed E-state index contributed by atoms with van der Waals surface area (Å²) in [7, 11) is 0. The molecular formula is C32H25BrClN5O. The van der Waals surface area contributed by atoms with Crippen molar-refractivity contribution >= 4 is 55.7 Å². The van der Waals surface area contributed by atoms with E-state index in [1.807, 2.05) is 66.7 Å². The number of rotatable bonds is 8. The fraction of sp³-hybridized carbons (Fsp3) is 0.0938. The van der Waals surface area contributed by atoms with E-state index in [-0.39, 0.29) is 5.91 Å². The fourth-order valence-corrected chi connectivity index (χ4v) is 5.30. The van der Waals surface area contributed by atoms with E-state index in [2.05, 4.69) is 62.0 Å². The monoisotopic (exact) mass is 609 g/mol. The van der Waals surface area contributed by atoms with Gasteiger partial charge in [-0.15, -0.1) is 0 Å². The topological polar surface area (TPSA) is 71.3 Å². The Kier molecular flexibility index (Phi) is 7.49. The molecule has 0 saturated heterocycles. The van der Waals surface area contributed by atoms with Crippen LogP contribution >= 0.6 is 27.5 Å². The van der Waals surface area contributed by atoms with Crippen LogP contribution in [0, 0.1) is 0 Å². The number of nitrogens with zero attached hydrogens (tertiary/aromatic N) is 3. The van der Waals surface area contributed by atoms with Crippen molar-refractivity contribution in [2.45, 2.75) is 19.5 Å². The number of benzene rings is 4. The highest BCUT2D eigenvalue weighted by atomic mass is 79.9. The van der Waals surface area contributed by atoms with Crippen molar-refractivity contribution in [3.63, 3.8) is 0 Å². The quantitative estimate of drug-likeness (QED) is 0.188. The first kappa shape index (κ1) is 26.0. The molecule has 0 radical (unpaired) electrons. The van der Waals surface area contributed by atoms with Gasteiger partial charge in [-0.1, -0.05) is 96.5 Å². The van der Waals surface area contributed by atoms with Gasteiger partial charge >= 0.3 is 0 Å². The van der Waals surface area contributed by atoms with Gasteiger partial charge in [-0.3, -0.25) is 4.79 Å². The van der Waals surface area contributed by atoms with E-state index in [9.17, 15) is 4.79 Å². The Labute approximate surface area is 245 Å². The maximum Gasteiger partial charge on any atom is 0.224 e. The number of carbonyl (C=O) groups excluding carboxylic acids is 1. The van der Waals surface area contributed by atoms with Gasteiger partial charge in [-0.2, -0.15) is 9.61 Å². The van der Waals surface area contributed by atoms with Gasteiger partial charge in [0, 0.05) is 29.7 Å². The van der Waals surface area contributed by atoms with E-state index >= 15 is 0 Å². The van der Waals surface area contributed by atoms with Crippen LogP contribution in [0.15, 0.2) is 108 Å². The summed E-state index contributed by atoms with van der Waals surface area (Å²) < 4.78 is 2.57. The molecule has 2 N–H and O–H groups in total. The van der Waals surface area contributed by atoms with E-state index in [1.165, 1.54) is 0 Å². The van der Waals surface area contributed by atoms with Crippen LogP contribution in [0.3, 0.4) is 0 Å². The van der Waals surface area contributed by atoms with Gasteiger partial charge in [0.05, 0.1) is 22.8 Å². The van der Waals surface area contributed by atoms with Gasteiger partial charge in [0.25, 0.3) is 0 Å². The van der Waals surface area contributed by atoms with E-state index in [0.29, 0.717) is 30.2 Å². The number of anilines is 1. The number of nitrogens with one attached hydrogen (secondary N) is 2. The summed E-state index contributed by atoms with van der Waals surface area (Å²) in [6.45, 7) is 1.07. The van der Waals surface area contributed by atoms with Gasteiger partial charge in [0.15, 0.2) is 5.65 Å². The second-order valence-corrected chi connectivity index (χ2v) is 10.8. The zero-order chi connectivity index (χ0) is 27.5. The van der Waals surface area contributed by atoms with Crippen LogP contribution < -0.4 is 10.6 Å². The number of carbonyl (C=O) groups is 1. The third-order valence-corrected chi connectivity index (χ3v) is 7.68. The van der Waals surface area contributed by atoms with Crippen LogP contribution in [0.5, 0.6) is 0 Å². The van der Waals surface area contributed by atoms with E-state index < -0.39 is 0 Å². The minimum absolute atomic E-state index is 0.00325. The van der Waals surface area contributed by atoms with E-state index in [1.54, 1.807) is 10.7 Å². The molecule has 0 aliphatic carbocycles. The van der Waals surface area contributed by atoms with Crippen molar-refractivity contribution in [3.05, 3.63) is 129 Å². The number of hydrogen-bond donors (Lipinski definition) is 2. The van der Waals surface area contributed by atoms with Gasteiger partial charge < -0.3 is 10.6 Å². The number of aromatic nitrogens is 3. The molecule has 40 heavy (non-hydrogen) atoms. The van der Waals surface area contributed by atoms with Gasteiger partial charge in [0.1, 0.15) is 5.82 Å². The molecule has 0 fully saturated rings. The van der Waals surface area contributed by atoms with Crippen LogP contribution in [-0.2, 0) is 24.3 Å². The molecule has 2 heterocycles. The molecule has 0 atom stereocenters. The molecule has 0 bridgehead atoms. The van der Waals surface area contributed by atoms with Crippen molar-refractivity contribution in [2.75, 3.05) is 5.32 Å². The van der Waals surface area contributed by atoms with Gasteiger partial charge in [-0.05, 0) is 49.5 Å². The van der Waals surface area contributed by atoms with Crippen molar-refractivity contribution in [1.29, 1.82) is 0 Å². The molecule has 0 saturated carbocycles. The van der Waals surface area contributed by atoms with E-state index in [0.717, 1.165) is 49.0 Å². The molecule has 8 heteroatoms. The summed E-state index contributed by atoms with van der Waals surface area (Å²) >= 11 is 10.00. The molecule has 6 rings (SSSR count). The number of halogens is 2. The van der Waals surface area contributed by atoms with Crippen LogP contribution in [0.4, 0.5) is 5.82 Å². The molecule has 198 valence electrons. The van der Waals surface area contributed by atoms with Crippen molar-refractivity contribution in [3.8, 4) is 11.3 Å². The second kappa shape index (κ2) is 11.5. The first-order valence-corrected chi connectivity index (χ1v) is 14.1. The van der Waals surface area contributed by atoms with Crippen molar-refractivity contribution in [2.24, 2.45) is 0 Å². The average Bonchev–Trinajstić information content (AvgIpc) is 3.36. The third kappa shape index (κ3) is 5.57. The first-order valence-electron chi connectivity index (χ1n) is 12.9. The zero-order valence-corrected chi connectivity index (χ0v) is 23.8. The maximum absolute atomic E-state index is 12.7. The van der Waals surface area contributed by atoms with Crippen LogP contribution in [0.25, 0.3) is 27.7 Å². The smallest absolute Gasteiger partial charge is 0.224 e. The first-order chi connectivity index (χ1) is 19.5. The Morgan fingerprint density at radius 1 is 0.875 bits per heavy atom.